The van der Waals surface area contributed by atoms with Crippen LogP contribution in [0.4, 0.5) is 0 Å². The first kappa shape index (κ1) is 22.0. The van der Waals surface area contributed by atoms with Crippen LogP contribution in [0.5, 0.6) is 0 Å². The Labute approximate surface area is 164 Å². The van der Waals surface area contributed by atoms with Crippen molar-refractivity contribution in [3.63, 3.8) is 0 Å². The van der Waals surface area contributed by atoms with Crippen molar-refractivity contribution >= 4 is 42.1 Å². The molecule has 1 unspecified atom stereocenters. The van der Waals surface area contributed by atoms with E-state index in [0.717, 1.165) is 35.2 Å². The summed E-state index contributed by atoms with van der Waals surface area (Å²) in [6.45, 7) is 7.60. The van der Waals surface area contributed by atoms with Crippen molar-refractivity contribution in [1.82, 2.24) is 9.88 Å². The predicted octanol–water partition coefficient (Wildman–Crippen LogP) is 3.68. The van der Waals surface area contributed by atoms with Crippen molar-refractivity contribution in [3.05, 3.63) is 29.0 Å². The Bertz CT molecular complexity index is 714. The number of carbonyl (C=O) groups is 1. The topological polar surface area (TPSA) is 72.4 Å². The van der Waals surface area contributed by atoms with Crippen molar-refractivity contribution in [2.75, 3.05) is 13.1 Å². The summed E-state index contributed by atoms with van der Waals surface area (Å²) >= 11 is 1.51. The second-order valence-electron chi connectivity index (χ2n) is 6.93. The second-order valence-corrected chi connectivity index (χ2v) is 7.79. The standard InChI is InChI=1S/C17H23N3O2S.2ClH/c1-11-4-5-13(22-11)16-19-12(9-23-16)8-15(21)20-7-6-14(18)17(2,3)10-20;;/h4-5,9,14H,6-8,10,18H2,1-3H3;2*1H. The van der Waals surface area contributed by atoms with E-state index in [-0.39, 0.29) is 42.2 Å². The first-order valence-corrected chi connectivity index (χ1v) is 8.78. The van der Waals surface area contributed by atoms with Gasteiger partial charge in [-0.25, -0.2) is 4.98 Å². The Morgan fingerprint density at radius 2 is 2.16 bits per heavy atom. The number of thiazole rings is 1. The van der Waals surface area contributed by atoms with E-state index in [1.54, 1.807) is 0 Å². The Morgan fingerprint density at radius 1 is 1.44 bits per heavy atom. The Morgan fingerprint density at radius 3 is 2.76 bits per heavy atom. The molecule has 2 N–H and O–H groups in total. The fraction of sp³-hybridized carbons (Fsp3) is 0.529. The van der Waals surface area contributed by atoms with Crippen LogP contribution in [0.3, 0.4) is 0 Å². The maximum absolute atomic E-state index is 12.5. The molecule has 0 aliphatic carbocycles. The lowest BCUT2D eigenvalue weighted by Crippen LogP contribution is -2.54. The van der Waals surface area contributed by atoms with Gasteiger partial charge in [-0.1, -0.05) is 13.8 Å². The molecule has 0 aromatic carbocycles. The molecule has 25 heavy (non-hydrogen) atoms. The highest BCUT2D eigenvalue weighted by molar-refractivity contribution is 7.13. The number of aryl methyl sites for hydroxylation is 1. The van der Waals surface area contributed by atoms with Gasteiger partial charge in [0.2, 0.25) is 5.91 Å². The van der Waals surface area contributed by atoms with Crippen LogP contribution in [0.2, 0.25) is 0 Å². The predicted molar refractivity (Wildman–Crippen MR) is 106 cm³/mol. The largest absolute Gasteiger partial charge is 0.459 e. The number of amides is 1. The number of rotatable bonds is 3. The molecule has 1 fully saturated rings. The zero-order valence-corrected chi connectivity index (χ0v) is 17.1. The highest BCUT2D eigenvalue weighted by Gasteiger charge is 2.35. The molecule has 0 bridgehead atoms. The summed E-state index contributed by atoms with van der Waals surface area (Å²) in [6.07, 6.45) is 1.19. The number of piperidine rings is 1. The summed E-state index contributed by atoms with van der Waals surface area (Å²) in [5.41, 5.74) is 6.91. The average molecular weight is 406 g/mol. The smallest absolute Gasteiger partial charge is 0.228 e. The van der Waals surface area contributed by atoms with Crippen molar-refractivity contribution in [3.8, 4) is 10.8 Å². The van der Waals surface area contributed by atoms with Crippen molar-refractivity contribution in [1.29, 1.82) is 0 Å². The minimum absolute atomic E-state index is 0. The van der Waals surface area contributed by atoms with Gasteiger partial charge in [0.1, 0.15) is 5.76 Å². The monoisotopic (exact) mass is 405 g/mol. The van der Waals surface area contributed by atoms with Gasteiger partial charge in [0.25, 0.3) is 0 Å². The van der Waals surface area contributed by atoms with Crippen LogP contribution in [-0.2, 0) is 11.2 Å². The Kier molecular flexibility index (Phi) is 7.50. The molecule has 140 valence electrons. The van der Waals surface area contributed by atoms with Gasteiger partial charge in [-0.3, -0.25) is 4.79 Å². The fourth-order valence-corrected chi connectivity index (χ4v) is 3.68. The molecule has 8 heteroatoms. The van der Waals surface area contributed by atoms with E-state index in [1.165, 1.54) is 11.3 Å². The maximum Gasteiger partial charge on any atom is 0.228 e. The van der Waals surface area contributed by atoms with Gasteiger partial charge < -0.3 is 15.1 Å². The maximum atomic E-state index is 12.5. The van der Waals surface area contributed by atoms with Crippen LogP contribution in [0, 0.1) is 12.3 Å². The summed E-state index contributed by atoms with van der Waals surface area (Å²) in [4.78, 5) is 19.0. The summed E-state index contributed by atoms with van der Waals surface area (Å²) in [5, 5.41) is 2.76. The minimum Gasteiger partial charge on any atom is -0.459 e. The van der Waals surface area contributed by atoms with E-state index in [1.807, 2.05) is 29.3 Å². The third-order valence-corrected chi connectivity index (χ3v) is 5.41. The molecule has 1 saturated heterocycles. The van der Waals surface area contributed by atoms with Crippen LogP contribution >= 0.6 is 36.2 Å². The molecule has 2 aromatic heterocycles. The van der Waals surface area contributed by atoms with Gasteiger partial charge in [0, 0.05) is 24.5 Å². The molecule has 1 atom stereocenters. The molecule has 3 heterocycles. The van der Waals surface area contributed by atoms with E-state index in [2.05, 4.69) is 18.8 Å². The molecule has 5 nitrogen and oxygen atoms in total. The number of hydrogen-bond acceptors (Lipinski definition) is 5. The van der Waals surface area contributed by atoms with Gasteiger partial charge in [-0.05, 0) is 30.9 Å². The fourth-order valence-electron chi connectivity index (χ4n) is 2.90. The van der Waals surface area contributed by atoms with Gasteiger partial charge in [0.15, 0.2) is 10.8 Å². The number of halogens is 2. The molecule has 1 amide bonds. The molecule has 3 rings (SSSR count). The van der Waals surface area contributed by atoms with Crippen molar-refractivity contribution in [2.24, 2.45) is 11.1 Å². The van der Waals surface area contributed by atoms with Crippen molar-refractivity contribution < 1.29 is 9.21 Å². The zero-order chi connectivity index (χ0) is 16.6. The minimum atomic E-state index is -0.0349. The van der Waals surface area contributed by atoms with Gasteiger partial charge >= 0.3 is 0 Å². The quantitative estimate of drug-likeness (QED) is 0.844. The molecule has 1 aliphatic heterocycles. The number of nitrogens with zero attached hydrogens (tertiary/aromatic N) is 2. The van der Waals surface area contributed by atoms with Crippen LogP contribution in [0.15, 0.2) is 21.9 Å². The number of carbonyl (C=O) groups excluding carboxylic acids is 1. The van der Waals surface area contributed by atoms with Gasteiger partial charge in [0.05, 0.1) is 12.1 Å². The molecule has 0 spiro atoms. The molecule has 0 saturated carbocycles. The highest BCUT2D eigenvalue weighted by atomic mass is 35.5. The molecule has 0 radical (unpaired) electrons. The lowest BCUT2D eigenvalue weighted by Gasteiger charge is -2.42. The number of nitrogens with two attached hydrogens (primary N) is 1. The number of furan rings is 1. The first-order chi connectivity index (χ1) is 10.8. The lowest BCUT2D eigenvalue weighted by molar-refractivity contribution is -0.133. The zero-order valence-electron chi connectivity index (χ0n) is 14.7. The summed E-state index contributed by atoms with van der Waals surface area (Å²) in [7, 11) is 0. The van der Waals surface area contributed by atoms with Crippen LogP contribution in [0.25, 0.3) is 10.8 Å². The van der Waals surface area contributed by atoms with E-state index in [0.29, 0.717) is 13.0 Å². The SMILES string of the molecule is Cc1ccc(-c2nc(CC(=O)N3CCC(N)C(C)(C)C3)cs2)o1.Cl.Cl. The molecular formula is C17H25Cl2N3O2S. The number of likely N-dealkylation sites (tertiary alicyclic amines) is 1. The summed E-state index contributed by atoms with van der Waals surface area (Å²) in [5.74, 6) is 1.74. The van der Waals surface area contributed by atoms with E-state index < -0.39 is 0 Å². The van der Waals surface area contributed by atoms with Crippen LogP contribution < -0.4 is 5.73 Å². The van der Waals surface area contributed by atoms with Crippen LogP contribution in [-0.4, -0.2) is 34.9 Å². The number of aromatic nitrogens is 1. The highest BCUT2D eigenvalue weighted by Crippen LogP contribution is 2.29. The third-order valence-electron chi connectivity index (χ3n) is 4.50. The Hall–Kier alpha value is -1.08. The van der Waals surface area contributed by atoms with Crippen LogP contribution in [0.1, 0.15) is 31.7 Å². The molecular weight excluding hydrogens is 381 g/mol. The third kappa shape index (κ3) is 4.97. The first-order valence-electron chi connectivity index (χ1n) is 7.90. The van der Waals surface area contributed by atoms with E-state index in [9.17, 15) is 4.79 Å². The molecule has 2 aromatic rings. The summed E-state index contributed by atoms with van der Waals surface area (Å²) in [6, 6.07) is 3.98. The lowest BCUT2D eigenvalue weighted by atomic mass is 9.79. The van der Waals surface area contributed by atoms with Gasteiger partial charge in [-0.2, -0.15) is 0 Å². The normalized spacial score (nSPS) is 19.0. The van der Waals surface area contributed by atoms with E-state index >= 15 is 0 Å². The van der Waals surface area contributed by atoms with Crippen molar-refractivity contribution in [2.45, 2.75) is 39.7 Å². The second kappa shape index (κ2) is 8.54. The van der Waals surface area contributed by atoms with E-state index in [4.69, 9.17) is 10.2 Å². The summed E-state index contributed by atoms with van der Waals surface area (Å²) < 4.78 is 5.58. The number of hydrogen-bond donors (Lipinski definition) is 1. The average Bonchev–Trinajstić information content (AvgIpc) is 3.10. The molecule has 1 aliphatic rings. The Balaban J connectivity index is 0.00000156. The van der Waals surface area contributed by atoms with Gasteiger partial charge in [-0.15, -0.1) is 36.2 Å².